The topological polar surface area (TPSA) is 75.8 Å². The Balaban J connectivity index is 0.00000243. The molecule has 1 fully saturated rings. The van der Waals surface area contributed by atoms with Crippen LogP contribution >= 0.6 is 12.4 Å². The van der Waals surface area contributed by atoms with E-state index in [4.69, 9.17) is 10.5 Å². The zero-order valence-corrected chi connectivity index (χ0v) is 16.6. The van der Waals surface area contributed by atoms with Crippen LogP contribution in [-0.2, 0) is 16.0 Å². The van der Waals surface area contributed by atoms with Gasteiger partial charge in [0, 0.05) is 38.0 Å². The van der Waals surface area contributed by atoms with Crippen LogP contribution in [0.5, 0.6) is 5.75 Å². The number of carbonyl (C=O) groups is 1. The minimum Gasteiger partial charge on any atom is -0.507 e. The number of nitrogens with two attached hydrogens (primary N) is 1. The lowest BCUT2D eigenvalue weighted by molar-refractivity contribution is -0.134. The number of amides is 1. The molecule has 0 spiro atoms. The second-order valence-electron chi connectivity index (χ2n) is 7.37. The maximum absolute atomic E-state index is 12.1. The van der Waals surface area contributed by atoms with Gasteiger partial charge in [-0.25, -0.2) is 0 Å². The van der Waals surface area contributed by atoms with Crippen molar-refractivity contribution in [1.82, 2.24) is 4.90 Å². The van der Waals surface area contributed by atoms with E-state index in [0.717, 1.165) is 55.5 Å². The first-order valence-corrected chi connectivity index (χ1v) is 9.49. The first-order chi connectivity index (χ1) is 12.0. The Morgan fingerprint density at radius 2 is 2.04 bits per heavy atom. The minimum absolute atomic E-state index is 0. The fourth-order valence-corrected chi connectivity index (χ4v) is 4.17. The molecule has 1 amide bonds. The van der Waals surface area contributed by atoms with E-state index in [2.05, 4.69) is 0 Å². The van der Waals surface area contributed by atoms with Crippen molar-refractivity contribution in [2.45, 2.75) is 58.2 Å². The highest BCUT2D eigenvalue weighted by molar-refractivity contribution is 5.85. The molecule has 3 N–H and O–H groups in total. The summed E-state index contributed by atoms with van der Waals surface area (Å²) in [6.45, 7) is 6.00. The molecule has 26 heavy (non-hydrogen) atoms. The fourth-order valence-electron chi connectivity index (χ4n) is 4.17. The Bertz CT molecular complexity index is 630. The first-order valence-electron chi connectivity index (χ1n) is 9.49. The number of likely N-dealkylation sites (tertiary alicyclic amines) is 1. The van der Waals surface area contributed by atoms with Crippen molar-refractivity contribution in [3.8, 4) is 5.75 Å². The van der Waals surface area contributed by atoms with Gasteiger partial charge in [-0.1, -0.05) is 19.1 Å². The predicted octanol–water partition coefficient (Wildman–Crippen LogP) is 3.10. The molecular weight excluding hydrogens is 352 g/mol. The molecule has 1 aromatic carbocycles. The number of carbonyl (C=O) groups excluding carboxylic acids is 1. The number of halogens is 1. The van der Waals surface area contributed by atoms with Gasteiger partial charge in [0.2, 0.25) is 5.91 Å². The highest BCUT2D eigenvalue weighted by Crippen LogP contribution is 2.40. The van der Waals surface area contributed by atoms with Gasteiger partial charge in [-0.15, -0.1) is 12.4 Å². The van der Waals surface area contributed by atoms with Crippen molar-refractivity contribution in [2.75, 3.05) is 19.6 Å². The third kappa shape index (κ3) is 4.16. The normalized spacial score (nSPS) is 23.3. The third-order valence-corrected chi connectivity index (χ3v) is 5.71. The van der Waals surface area contributed by atoms with Crippen LogP contribution in [0, 0.1) is 12.8 Å². The molecule has 1 saturated heterocycles. The molecule has 146 valence electrons. The molecule has 6 heteroatoms. The summed E-state index contributed by atoms with van der Waals surface area (Å²) >= 11 is 0. The van der Waals surface area contributed by atoms with Gasteiger partial charge in [-0.2, -0.15) is 0 Å². The minimum atomic E-state index is -0.153. The monoisotopic (exact) mass is 382 g/mol. The molecule has 0 aliphatic carbocycles. The Labute approximate surface area is 162 Å². The second kappa shape index (κ2) is 9.07. The van der Waals surface area contributed by atoms with Crippen LogP contribution in [0.25, 0.3) is 0 Å². The molecule has 1 aromatic rings. The van der Waals surface area contributed by atoms with Gasteiger partial charge in [0.25, 0.3) is 0 Å². The molecule has 0 saturated carbocycles. The maximum atomic E-state index is 12.1. The average Bonchev–Trinajstić information content (AvgIpc) is 2.64. The van der Waals surface area contributed by atoms with E-state index in [1.165, 1.54) is 0 Å². The average molecular weight is 383 g/mol. The fraction of sp³-hybridized carbons (Fsp3) is 0.650. The number of hydrogen-bond donors (Lipinski definition) is 2. The van der Waals surface area contributed by atoms with E-state index >= 15 is 0 Å². The maximum Gasteiger partial charge on any atom is 0.222 e. The number of phenolic OH excluding ortho intramolecular Hbond substituents is 1. The zero-order chi connectivity index (χ0) is 18.0. The number of ether oxygens (including phenoxy) is 1. The number of rotatable bonds is 4. The Morgan fingerprint density at radius 3 is 2.65 bits per heavy atom. The SMILES string of the molecule is CCCC(=O)N1CCC([C@@H]2Cc3c(ccc(C)c3O)[C@H](CN)O2)CC1.Cl. The zero-order valence-electron chi connectivity index (χ0n) is 15.7. The number of aromatic hydroxyl groups is 1. The summed E-state index contributed by atoms with van der Waals surface area (Å²) in [5.41, 5.74) is 8.85. The lowest BCUT2D eigenvalue weighted by Gasteiger charge is -2.40. The Hall–Kier alpha value is -1.30. The number of benzene rings is 1. The van der Waals surface area contributed by atoms with Crippen LogP contribution < -0.4 is 5.73 Å². The standard InChI is InChI=1S/C20H30N2O3.ClH/c1-3-4-19(23)22-9-7-14(8-10-22)17-11-16-15(18(12-21)25-17)6-5-13(2)20(16)24;/h5-6,14,17-18,24H,3-4,7-12,21H2,1-2H3;1H/t17-,18-;/m0./s1. The number of piperidine rings is 1. The molecule has 0 radical (unpaired) electrons. The van der Waals surface area contributed by atoms with Crippen LogP contribution in [-0.4, -0.2) is 41.7 Å². The molecule has 0 unspecified atom stereocenters. The number of fused-ring (bicyclic) bond motifs is 1. The van der Waals surface area contributed by atoms with Crippen LogP contribution in [0.4, 0.5) is 0 Å². The van der Waals surface area contributed by atoms with Crippen molar-refractivity contribution >= 4 is 18.3 Å². The van der Waals surface area contributed by atoms with E-state index < -0.39 is 0 Å². The van der Waals surface area contributed by atoms with Gasteiger partial charge in [0.1, 0.15) is 5.75 Å². The van der Waals surface area contributed by atoms with E-state index in [1.54, 1.807) is 0 Å². The third-order valence-electron chi connectivity index (χ3n) is 5.71. The van der Waals surface area contributed by atoms with E-state index in [9.17, 15) is 9.90 Å². The summed E-state index contributed by atoms with van der Waals surface area (Å²) in [4.78, 5) is 14.1. The smallest absolute Gasteiger partial charge is 0.222 e. The lowest BCUT2D eigenvalue weighted by Crippen LogP contribution is -2.44. The molecule has 5 nitrogen and oxygen atoms in total. The van der Waals surface area contributed by atoms with Gasteiger partial charge in [0.05, 0.1) is 12.2 Å². The summed E-state index contributed by atoms with van der Waals surface area (Å²) in [5.74, 6) is 1.07. The summed E-state index contributed by atoms with van der Waals surface area (Å²) in [5, 5.41) is 10.5. The molecule has 0 bridgehead atoms. The predicted molar refractivity (Wildman–Crippen MR) is 105 cm³/mol. The summed E-state index contributed by atoms with van der Waals surface area (Å²) in [6.07, 6.45) is 4.10. The first kappa shape index (κ1) is 21.0. The lowest BCUT2D eigenvalue weighted by atomic mass is 9.83. The van der Waals surface area contributed by atoms with Gasteiger partial charge >= 0.3 is 0 Å². The summed E-state index contributed by atoms with van der Waals surface area (Å²) in [6, 6.07) is 3.96. The summed E-state index contributed by atoms with van der Waals surface area (Å²) < 4.78 is 6.30. The highest BCUT2D eigenvalue weighted by atomic mass is 35.5. The van der Waals surface area contributed by atoms with Crippen LogP contribution in [0.2, 0.25) is 0 Å². The molecule has 2 aliphatic rings. The van der Waals surface area contributed by atoms with Crippen molar-refractivity contribution < 1.29 is 14.6 Å². The van der Waals surface area contributed by atoms with Crippen molar-refractivity contribution in [3.05, 3.63) is 28.8 Å². The van der Waals surface area contributed by atoms with Gasteiger partial charge in [-0.3, -0.25) is 4.79 Å². The van der Waals surface area contributed by atoms with Gasteiger partial charge < -0.3 is 20.5 Å². The van der Waals surface area contributed by atoms with Crippen LogP contribution in [0.1, 0.15) is 55.4 Å². The largest absolute Gasteiger partial charge is 0.507 e. The van der Waals surface area contributed by atoms with Crippen molar-refractivity contribution in [3.63, 3.8) is 0 Å². The second-order valence-corrected chi connectivity index (χ2v) is 7.37. The molecular formula is C20H31ClN2O3. The van der Waals surface area contributed by atoms with E-state index in [1.807, 2.05) is 30.9 Å². The number of nitrogens with zero attached hydrogens (tertiary/aromatic N) is 1. The molecule has 2 aliphatic heterocycles. The Kier molecular flexibility index (Phi) is 7.33. The highest BCUT2D eigenvalue weighted by Gasteiger charge is 2.35. The quantitative estimate of drug-likeness (QED) is 0.838. The van der Waals surface area contributed by atoms with Crippen molar-refractivity contribution in [1.29, 1.82) is 0 Å². The molecule has 2 atom stereocenters. The van der Waals surface area contributed by atoms with Gasteiger partial charge in [-0.05, 0) is 43.2 Å². The van der Waals surface area contributed by atoms with E-state index in [-0.39, 0.29) is 30.5 Å². The molecule has 2 heterocycles. The Morgan fingerprint density at radius 1 is 1.35 bits per heavy atom. The number of aryl methyl sites for hydroxylation is 1. The van der Waals surface area contributed by atoms with Crippen molar-refractivity contribution in [2.24, 2.45) is 11.7 Å². The molecule has 3 rings (SSSR count). The summed E-state index contributed by atoms with van der Waals surface area (Å²) in [7, 11) is 0. The number of hydrogen-bond acceptors (Lipinski definition) is 4. The van der Waals surface area contributed by atoms with Gasteiger partial charge in [0.15, 0.2) is 0 Å². The molecule has 0 aromatic heterocycles. The van der Waals surface area contributed by atoms with Crippen LogP contribution in [0.3, 0.4) is 0 Å². The number of phenols is 1. The van der Waals surface area contributed by atoms with Crippen LogP contribution in [0.15, 0.2) is 12.1 Å². The van der Waals surface area contributed by atoms with E-state index in [0.29, 0.717) is 24.6 Å².